The summed E-state index contributed by atoms with van der Waals surface area (Å²) in [7, 11) is 0. The monoisotopic (exact) mass is 362 g/mol. The van der Waals surface area contributed by atoms with Crippen LogP contribution in [0.5, 0.6) is 0 Å². The number of benzene rings is 2. The summed E-state index contributed by atoms with van der Waals surface area (Å²) in [6.45, 7) is 1.64. The lowest BCUT2D eigenvalue weighted by Gasteiger charge is -2.32. The molecule has 1 aliphatic rings. The van der Waals surface area contributed by atoms with Crippen molar-refractivity contribution in [1.82, 2.24) is 4.90 Å². The van der Waals surface area contributed by atoms with Crippen LogP contribution >= 0.6 is 11.6 Å². The van der Waals surface area contributed by atoms with Gasteiger partial charge in [0.25, 0.3) is 0 Å². The molecule has 0 radical (unpaired) electrons. The first-order valence-corrected chi connectivity index (χ1v) is 8.65. The van der Waals surface area contributed by atoms with E-state index in [9.17, 15) is 9.18 Å². The fourth-order valence-corrected chi connectivity index (χ4v) is 3.01. The molecule has 1 aliphatic heterocycles. The molecule has 25 heavy (non-hydrogen) atoms. The van der Waals surface area contributed by atoms with E-state index in [1.807, 2.05) is 0 Å². The van der Waals surface area contributed by atoms with Crippen molar-refractivity contribution in [2.45, 2.75) is 25.6 Å². The van der Waals surface area contributed by atoms with Gasteiger partial charge in [0.15, 0.2) is 0 Å². The molecule has 1 heterocycles. The van der Waals surface area contributed by atoms with Crippen LogP contribution in [-0.2, 0) is 11.3 Å². The largest absolute Gasteiger partial charge is 0.372 e. The van der Waals surface area contributed by atoms with Crippen molar-refractivity contribution in [1.29, 1.82) is 0 Å². The third-order valence-corrected chi connectivity index (χ3v) is 4.38. The Bertz CT molecular complexity index is 724. The van der Waals surface area contributed by atoms with E-state index in [1.165, 1.54) is 12.1 Å². The lowest BCUT2D eigenvalue weighted by atomic mass is 10.1. The number of carbonyl (C=O) groups excluding carboxylic acids is 1. The maximum absolute atomic E-state index is 12.9. The summed E-state index contributed by atoms with van der Waals surface area (Å²) in [5.41, 5.74) is 1.59. The van der Waals surface area contributed by atoms with E-state index >= 15 is 0 Å². The second kappa shape index (κ2) is 8.32. The van der Waals surface area contributed by atoms with E-state index in [0.717, 1.165) is 18.4 Å². The summed E-state index contributed by atoms with van der Waals surface area (Å²) in [5, 5.41) is 3.44. The number of hydrogen-bond acceptors (Lipinski definition) is 2. The van der Waals surface area contributed by atoms with Gasteiger partial charge in [-0.3, -0.25) is 0 Å². The second-order valence-corrected chi connectivity index (χ2v) is 6.52. The standard InChI is InChI=1S/C19H20ClFN2O2/c20-15-3-1-4-17(11-15)22-19(24)23-10-2-5-18(12-23)25-13-14-6-8-16(21)9-7-14/h1,3-4,6-9,11,18H,2,5,10,12-13H2,(H,22,24)/t18-/m0/s1. The van der Waals surface area contributed by atoms with Crippen LogP contribution in [-0.4, -0.2) is 30.1 Å². The molecule has 0 saturated carbocycles. The number of likely N-dealkylation sites (tertiary alicyclic amines) is 1. The van der Waals surface area contributed by atoms with Gasteiger partial charge in [0.2, 0.25) is 0 Å². The number of rotatable bonds is 4. The molecule has 1 saturated heterocycles. The lowest BCUT2D eigenvalue weighted by Crippen LogP contribution is -2.45. The molecule has 1 N–H and O–H groups in total. The first-order chi connectivity index (χ1) is 12.1. The van der Waals surface area contributed by atoms with Crippen molar-refractivity contribution in [2.75, 3.05) is 18.4 Å². The minimum atomic E-state index is -0.259. The van der Waals surface area contributed by atoms with E-state index in [2.05, 4.69) is 5.32 Å². The van der Waals surface area contributed by atoms with Gasteiger partial charge in [0.1, 0.15) is 5.82 Å². The van der Waals surface area contributed by atoms with Crippen molar-refractivity contribution in [3.63, 3.8) is 0 Å². The van der Waals surface area contributed by atoms with Crippen LogP contribution in [0.1, 0.15) is 18.4 Å². The van der Waals surface area contributed by atoms with Crippen molar-refractivity contribution < 1.29 is 13.9 Å². The van der Waals surface area contributed by atoms with Crippen LogP contribution < -0.4 is 5.32 Å². The molecule has 0 spiro atoms. The predicted octanol–water partition coefficient (Wildman–Crippen LogP) is 4.69. The summed E-state index contributed by atoms with van der Waals surface area (Å²) in [4.78, 5) is 14.2. The van der Waals surface area contributed by atoms with E-state index < -0.39 is 0 Å². The number of nitrogens with zero attached hydrogens (tertiary/aromatic N) is 1. The molecular formula is C19H20ClFN2O2. The highest BCUT2D eigenvalue weighted by Gasteiger charge is 2.24. The van der Waals surface area contributed by atoms with Gasteiger partial charge in [-0.05, 0) is 48.7 Å². The Labute approximate surface area is 151 Å². The first-order valence-electron chi connectivity index (χ1n) is 8.28. The van der Waals surface area contributed by atoms with Gasteiger partial charge in [0, 0.05) is 23.8 Å². The Morgan fingerprint density at radius 3 is 2.84 bits per heavy atom. The molecule has 0 aromatic heterocycles. The zero-order valence-electron chi connectivity index (χ0n) is 13.8. The van der Waals surface area contributed by atoms with E-state index in [-0.39, 0.29) is 18.0 Å². The van der Waals surface area contributed by atoms with E-state index in [4.69, 9.17) is 16.3 Å². The average Bonchev–Trinajstić information content (AvgIpc) is 2.61. The zero-order valence-corrected chi connectivity index (χ0v) is 14.5. The molecule has 1 atom stereocenters. The van der Waals surface area contributed by atoms with Crippen LogP contribution in [0, 0.1) is 5.82 Å². The molecule has 2 amide bonds. The molecule has 4 nitrogen and oxygen atoms in total. The topological polar surface area (TPSA) is 41.6 Å². The number of carbonyl (C=O) groups is 1. The molecular weight excluding hydrogens is 343 g/mol. The van der Waals surface area contributed by atoms with Crippen molar-refractivity contribution in [2.24, 2.45) is 0 Å². The molecule has 0 unspecified atom stereocenters. The van der Waals surface area contributed by atoms with E-state index in [0.29, 0.717) is 30.4 Å². The molecule has 2 aromatic rings. The lowest BCUT2D eigenvalue weighted by molar-refractivity contribution is 0.000999. The molecule has 0 bridgehead atoms. The fourth-order valence-electron chi connectivity index (χ4n) is 2.82. The fraction of sp³-hybridized carbons (Fsp3) is 0.316. The summed E-state index contributed by atoms with van der Waals surface area (Å²) in [6, 6.07) is 13.2. The minimum Gasteiger partial charge on any atom is -0.372 e. The predicted molar refractivity (Wildman–Crippen MR) is 96.3 cm³/mol. The Morgan fingerprint density at radius 1 is 1.28 bits per heavy atom. The summed E-state index contributed by atoms with van der Waals surface area (Å²) in [6.07, 6.45) is 1.77. The number of amides is 2. The molecule has 3 rings (SSSR count). The number of nitrogens with one attached hydrogen (secondary N) is 1. The minimum absolute atomic E-state index is 0.0242. The molecule has 2 aromatic carbocycles. The molecule has 132 valence electrons. The molecule has 0 aliphatic carbocycles. The normalized spacial score (nSPS) is 17.4. The quantitative estimate of drug-likeness (QED) is 0.857. The van der Waals surface area contributed by atoms with Crippen molar-refractivity contribution >= 4 is 23.3 Å². The highest BCUT2D eigenvalue weighted by molar-refractivity contribution is 6.30. The SMILES string of the molecule is O=C(Nc1cccc(Cl)c1)N1CCC[C@H](OCc2ccc(F)cc2)C1. The smallest absolute Gasteiger partial charge is 0.321 e. The van der Waals surface area contributed by atoms with Crippen LogP contribution in [0.3, 0.4) is 0 Å². The van der Waals surface area contributed by atoms with Gasteiger partial charge in [0.05, 0.1) is 12.7 Å². The molecule has 6 heteroatoms. The van der Waals surface area contributed by atoms with Gasteiger partial charge in [-0.25, -0.2) is 9.18 Å². The van der Waals surface area contributed by atoms with Crippen LogP contribution in [0.4, 0.5) is 14.9 Å². The van der Waals surface area contributed by atoms with Gasteiger partial charge in [-0.15, -0.1) is 0 Å². The summed E-state index contributed by atoms with van der Waals surface area (Å²) >= 11 is 5.94. The Hall–Kier alpha value is -2.11. The molecule has 1 fully saturated rings. The average molecular weight is 363 g/mol. The van der Waals surface area contributed by atoms with Crippen LogP contribution in [0.15, 0.2) is 48.5 Å². The Kier molecular flexibility index (Phi) is 5.89. The summed E-state index contributed by atoms with van der Waals surface area (Å²) in [5.74, 6) is -0.259. The number of urea groups is 1. The second-order valence-electron chi connectivity index (χ2n) is 6.09. The van der Waals surface area contributed by atoms with Crippen molar-refractivity contribution in [3.8, 4) is 0 Å². The number of halogens is 2. The Morgan fingerprint density at radius 2 is 2.08 bits per heavy atom. The highest BCUT2D eigenvalue weighted by Crippen LogP contribution is 2.19. The number of anilines is 1. The van der Waals surface area contributed by atoms with Crippen LogP contribution in [0.25, 0.3) is 0 Å². The maximum Gasteiger partial charge on any atom is 0.321 e. The van der Waals surface area contributed by atoms with Crippen molar-refractivity contribution in [3.05, 3.63) is 64.9 Å². The third-order valence-electron chi connectivity index (χ3n) is 4.14. The van der Waals surface area contributed by atoms with Crippen LogP contribution in [0.2, 0.25) is 5.02 Å². The Balaban J connectivity index is 1.51. The number of piperidine rings is 1. The number of hydrogen-bond donors (Lipinski definition) is 1. The number of ether oxygens (including phenoxy) is 1. The van der Waals surface area contributed by atoms with E-state index in [1.54, 1.807) is 41.3 Å². The highest BCUT2D eigenvalue weighted by atomic mass is 35.5. The van der Waals surface area contributed by atoms with Gasteiger partial charge in [-0.2, -0.15) is 0 Å². The maximum atomic E-state index is 12.9. The zero-order chi connectivity index (χ0) is 17.6. The van der Waals surface area contributed by atoms with Gasteiger partial charge >= 0.3 is 6.03 Å². The first kappa shape index (κ1) is 17.7. The van der Waals surface area contributed by atoms with Gasteiger partial charge < -0.3 is 15.0 Å². The summed E-state index contributed by atoms with van der Waals surface area (Å²) < 4.78 is 18.8. The van der Waals surface area contributed by atoms with Gasteiger partial charge in [-0.1, -0.05) is 29.8 Å². The third kappa shape index (κ3) is 5.18.